The molecule has 0 saturated carbocycles. The molecule has 0 atom stereocenters. The van der Waals surface area contributed by atoms with Crippen LogP contribution in [0.3, 0.4) is 0 Å². The van der Waals surface area contributed by atoms with Crippen LogP contribution in [-0.2, 0) is 0 Å². The van der Waals surface area contributed by atoms with Gasteiger partial charge in [0.2, 0.25) is 0 Å². The molecule has 0 heterocycles. The van der Waals surface area contributed by atoms with E-state index in [2.05, 4.69) is 11.8 Å². The standard InChI is InChI=1S/C10H7NO2/c1-13-10-7-9(12)5-4-8(10)3-2-6-11/h4-5,7,12H,1H3. The van der Waals surface area contributed by atoms with Crippen LogP contribution < -0.4 is 4.74 Å². The Labute approximate surface area is 76.2 Å². The van der Waals surface area contributed by atoms with Gasteiger partial charge in [0.05, 0.1) is 12.7 Å². The van der Waals surface area contributed by atoms with Gasteiger partial charge < -0.3 is 9.84 Å². The van der Waals surface area contributed by atoms with Crippen molar-refractivity contribution < 1.29 is 9.84 Å². The van der Waals surface area contributed by atoms with Crippen molar-refractivity contribution in [1.29, 1.82) is 5.26 Å². The molecule has 0 bridgehead atoms. The second-order valence-corrected chi connectivity index (χ2v) is 2.25. The zero-order valence-corrected chi connectivity index (χ0v) is 7.03. The van der Waals surface area contributed by atoms with Gasteiger partial charge in [-0.25, -0.2) is 0 Å². The van der Waals surface area contributed by atoms with Gasteiger partial charge in [-0.3, -0.25) is 0 Å². The zero-order chi connectivity index (χ0) is 9.68. The Bertz CT molecular complexity index is 407. The minimum atomic E-state index is 0.111. The van der Waals surface area contributed by atoms with E-state index in [1.54, 1.807) is 12.1 Å². The van der Waals surface area contributed by atoms with Crippen molar-refractivity contribution in [3.8, 4) is 29.4 Å². The van der Waals surface area contributed by atoms with Crippen molar-refractivity contribution in [2.75, 3.05) is 7.11 Å². The summed E-state index contributed by atoms with van der Waals surface area (Å²) in [6.07, 6.45) is 0. The van der Waals surface area contributed by atoms with Crippen LogP contribution in [0.25, 0.3) is 0 Å². The first-order valence-corrected chi connectivity index (χ1v) is 3.55. The number of rotatable bonds is 1. The SMILES string of the molecule is COc1cc(O)ccc1C#CC#N. The number of phenols is 1. The molecule has 0 unspecified atom stereocenters. The molecule has 3 heteroatoms. The molecule has 13 heavy (non-hydrogen) atoms. The molecule has 3 nitrogen and oxygen atoms in total. The summed E-state index contributed by atoms with van der Waals surface area (Å²) in [5, 5.41) is 17.3. The molecule has 0 radical (unpaired) electrons. The smallest absolute Gasteiger partial charge is 0.152 e. The topological polar surface area (TPSA) is 53.2 Å². The highest BCUT2D eigenvalue weighted by Gasteiger charge is 2.00. The van der Waals surface area contributed by atoms with E-state index in [4.69, 9.17) is 15.1 Å². The molecule has 0 aliphatic carbocycles. The van der Waals surface area contributed by atoms with Crippen LogP contribution in [0.4, 0.5) is 0 Å². The van der Waals surface area contributed by atoms with Crippen LogP contribution in [0.1, 0.15) is 5.56 Å². The third kappa shape index (κ3) is 2.15. The van der Waals surface area contributed by atoms with Crippen LogP contribution in [-0.4, -0.2) is 12.2 Å². The summed E-state index contributed by atoms with van der Waals surface area (Å²) in [6, 6.07) is 6.23. The van der Waals surface area contributed by atoms with Gasteiger partial charge in [0, 0.05) is 12.0 Å². The van der Waals surface area contributed by atoms with E-state index in [9.17, 15) is 0 Å². The first-order valence-electron chi connectivity index (χ1n) is 3.55. The lowest BCUT2D eigenvalue weighted by atomic mass is 10.2. The normalized spacial score (nSPS) is 8.00. The summed E-state index contributed by atoms with van der Waals surface area (Å²) in [5.41, 5.74) is 0.585. The van der Waals surface area contributed by atoms with Crippen molar-refractivity contribution in [3.63, 3.8) is 0 Å². The molecule has 1 aromatic carbocycles. The minimum absolute atomic E-state index is 0.111. The first-order chi connectivity index (χ1) is 6.27. The van der Waals surface area contributed by atoms with Gasteiger partial charge in [0.1, 0.15) is 11.5 Å². The Balaban J connectivity index is 3.15. The molecule has 0 fully saturated rings. The van der Waals surface area contributed by atoms with Gasteiger partial charge >= 0.3 is 0 Å². The van der Waals surface area contributed by atoms with Crippen LogP contribution in [0.2, 0.25) is 0 Å². The van der Waals surface area contributed by atoms with Crippen molar-refractivity contribution in [1.82, 2.24) is 0 Å². The summed E-state index contributed by atoms with van der Waals surface area (Å²) < 4.78 is 4.95. The monoisotopic (exact) mass is 173 g/mol. The number of hydrogen-bond acceptors (Lipinski definition) is 3. The van der Waals surface area contributed by atoms with Gasteiger partial charge in [-0.1, -0.05) is 0 Å². The average molecular weight is 173 g/mol. The second-order valence-electron chi connectivity index (χ2n) is 2.25. The Morgan fingerprint density at radius 1 is 1.46 bits per heavy atom. The van der Waals surface area contributed by atoms with Gasteiger partial charge in [-0.15, -0.1) is 0 Å². The molecule has 1 aromatic rings. The zero-order valence-electron chi connectivity index (χ0n) is 7.03. The van der Waals surface area contributed by atoms with Crippen molar-refractivity contribution in [2.45, 2.75) is 0 Å². The van der Waals surface area contributed by atoms with Crippen molar-refractivity contribution in [3.05, 3.63) is 23.8 Å². The summed E-state index contributed by atoms with van der Waals surface area (Å²) >= 11 is 0. The van der Waals surface area contributed by atoms with Gasteiger partial charge in [-0.05, 0) is 18.1 Å². The van der Waals surface area contributed by atoms with Crippen LogP contribution in [0, 0.1) is 23.2 Å². The summed E-state index contributed by atoms with van der Waals surface area (Å²) in [4.78, 5) is 0. The lowest BCUT2D eigenvalue weighted by Gasteiger charge is -2.02. The van der Waals surface area contributed by atoms with Gasteiger partial charge in [0.25, 0.3) is 0 Å². The fourth-order valence-electron chi connectivity index (χ4n) is 0.878. The largest absolute Gasteiger partial charge is 0.508 e. The molecular weight excluding hydrogens is 166 g/mol. The molecular formula is C10H7NO2. The molecule has 0 aromatic heterocycles. The Kier molecular flexibility index (Phi) is 2.78. The fourth-order valence-corrected chi connectivity index (χ4v) is 0.878. The summed E-state index contributed by atoms with van der Waals surface area (Å²) in [7, 11) is 1.48. The van der Waals surface area contributed by atoms with E-state index in [-0.39, 0.29) is 5.75 Å². The quantitative estimate of drug-likeness (QED) is 0.651. The van der Waals surface area contributed by atoms with Crippen LogP contribution >= 0.6 is 0 Å². The number of aromatic hydroxyl groups is 1. The summed E-state index contributed by atoms with van der Waals surface area (Å²) in [6.45, 7) is 0. The van der Waals surface area contributed by atoms with E-state index in [1.165, 1.54) is 19.2 Å². The number of nitriles is 1. The molecule has 0 amide bonds. The Morgan fingerprint density at radius 3 is 2.85 bits per heavy atom. The predicted octanol–water partition coefficient (Wildman–Crippen LogP) is 1.28. The van der Waals surface area contributed by atoms with E-state index >= 15 is 0 Å². The number of hydrogen-bond donors (Lipinski definition) is 1. The van der Waals surface area contributed by atoms with E-state index in [0.29, 0.717) is 11.3 Å². The first kappa shape index (κ1) is 8.96. The molecule has 1 rings (SSSR count). The molecule has 0 aliphatic heterocycles. The maximum atomic E-state index is 9.10. The van der Waals surface area contributed by atoms with Gasteiger partial charge in [-0.2, -0.15) is 5.26 Å². The van der Waals surface area contributed by atoms with Crippen molar-refractivity contribution in [2.24, 2.45) is 0 Å². The third-order valence-electron chi connectivity index (χ3n) is 1.44. The fraction of sp³-hybridized carbons (Fsp3) is 0.100. The third-order valence-corrected chi connectivity index (χ3v) is 1.44. The lowest BCUT2D eigenvalue weighted by molar-refractivity contribution is 0.406. The van der Waals surface area contributed by atoms with Crippen LogP contribution in [0.15, 0.2) is 18.2 Å². The van der Waals surface area contributed by atoms with Crippen LogP contribution in [0.5, 0.6) is 11.5 Å². The maximum Gasteiger partial charge on any atom is 0.152 e. The second kappa shape index (κ2) is 4.04. The summed E-state index contributed by atoms with van der Waals surface area (Å²) in [5.74, 6) is 5.42. The number of phenolic OH excluding ortho intramolecular Hbond substituents is 1. The number of ether oxygens (including phenoxy) is 1. The maximum absolute atomic E-state index is 9.10. The molecule has 0 saturated heterocycles. The Hall–Kier alpha value is -2.13. The predicted molar refractivity (Wildman–Crippen MR) is 47.1 cm³/mol. The number of nitrogens with zero attached hydrogens (tertiary/aromatic N) is 1. The number of methoxy groups -OCH3 is 1. The van der Waals surface area contributed by atoms with Crippen molar-refractivity contribution >= 4 is 0 Å². The highest BCUT2D eigenvalue weighted by molar-refractivity contribution is 5.50. The van der Waals surface area contributed by atoms with E-state index in [1.807, 2.05) is 0 Å². The highest BCUT2D eigenvalue weighted by atomic mass is 16.5. The van der Waals surface area contributed by atoms with Gasteiger partial charge in [0.15, 0.2) is 6.07 Å². The molecule has 64 valence electrons. The average Bonchev–Trinajstić information content (AvgIpc) is 2.16. The highest BCUT2D eigenvalue weighted by Crippen LogP contribution is 2.22. The minimum Gasteiger partial charge on any atom is -0.508 e. The molecule has 1 N–H and O–H groups in total. The Morgan fingerprint density at radius 2 is 2.23 bits per heavy atom. The molecule has 0 spiro atoms. The molecule has 0 aliphatic rings. The van der Waals surface area contributed by atoms with E-state index < -0.39 is 0 Å². The lowest BCUT2D eigenvalue weighted by Crippen LogP contribution is -1.86. The number of benzene rings is 1. The van der Waals surface area contributed by atoms with E-state index in [0.717, 1.165) is 0 Å².